The third-order valence-electron chi connectivity index (χ3n) is 3.31. The summed E-state index contributed by atoms with van der Waals surface area (Å²) in [6, 6.07) is 11.3. The summed E-state index contributed by atoms with van der Waals surface area (Å²) in [4.78, 5) is 12.2. The zero-order valence-corrected chi connectivity index (χ0v) is 16.9. The summed E-state index contributed by atoms with van der Waals surface area (Å²) in [6.07, 6.45) is 0. The van der Waals surface area contributed by atoms with E-state index in [1.54, 1.807) is 18.2 Å². The van der Waals surface area contributed by atoms with Crippen molar-refractivity contribution in [1.82, 2.24) is 10.2 Å². The van der Waals surface area contributed by atoms with Crippen LogP contribution in [0.5, 0.6) is 0 Å². The minimum atomic E-state index is -3.99. The molecular formula is C16H12Cl2N4O3S2. The molecule has 0 aliphatic rings. The van der Waals surface area contributed by atoms with E-state index in [0.29, 0.717) is 10.6 Å². The molecule has 1 aromatic heterocycles. The molecule has 0 bridgehead atoms. The zero-order valence-electron chi connectivity index (χ0n) is 13.7. The molecular weight excluding hydrogens is 431 g/mol. The zero-order chi connectivity index (χ0) is 19.6. The lowest BCUT2D eigenvalue weighted by atomic mass is 10.1. The Morgan fingerprint density at radius 3 is 2.56 bits per heavy atom. The SMILES string of the molecule is Cc1cccc(C(=O)Nc2nnc(S(=O)(=O)Nc3ccc(Cl)c(Cl)c3)s2)c1. The van der Waals surface area contributed by atoms with Crippen LogP contribution < -0.4 is 10.0 Å². The molecule has 0 aliphatic heterocycles. The molecule has 0 aliphatic carbocycles. The summed E-state index contributed by atoms with van der Waals surface area (Å²) in [5.41, 5.74) is 1.59. The number of carbonyl (C=O) groups excluding carboxylic acids is 1. The molecule has 2 aromatic carbocycles. The molecule has 1 heterocycles. The van der Waals surface area contributed by atoms with Gasteiger partial charge in [-0.25, -0.2) is 0 Å². The molecule has 0 atom stereocenters. The van der Waals surface area contributed by atoms with Gasteiger partial charge in [0.1, 0.15) is 0 Å². The molecule has 0 fully saturated rings. The van der Waals surface area contributed by atoms with Gasteiger partial charge in [-0.3, -0.25) is 14.8 Å². The quantitative estimate of drug-likeness (QED) is 0.576. The number of nitrogens with zero attached hydrogens (tertiary/aromatic N) is 2. The maximum Gasteiger partial charge on any atom is 0.291 e. The van der Waals surface area contributed by atoms with Crippen LogP contribution in [0, 0.1) is 6.92 Å². The normalized spacial score (nSPS) is 11.2. The van der Waals surface area contributed by atoms with Crippen LogP contribution >= 0.6 is 34.5 Å². The lowest BCUT2D eigenvalue weighted by Crippen LogP contribution is -2.12. The number of nitrogens with one attached hydrogen (secondary N) is 2. The molecule has 27 heavy (non-hydrogen) atoms. The summed E-state index contributed by atoms with van der Waals surface area (Å²) in [5.74, 6) is -0.406. The smallest absolute Gasteiger partial charge is 0.291 e. The number of aromatic nitrogens is 2. The second-order valence-corrected chi connectivity index (χ2v) is 9.08. The predicted molar refractivity (Wildman–Crippen MR) is 106 cm³/mol. The van der Waals surface area contributed by atoms with Gasteiger partial charge in [-0.15, -0.1) is 10.2 Å². The Bertz CT molecular complexity index is 1120. The Hall–Kier alpha value is -2.20. The van der Waals surface area contributed by atoms with E-state index in [1.165, 1.54) is 18.2 Å². The van der Waals surface area contributed by atoms with Crippen LogP contribution in [-0.2, 0) is 10.0 Å². The monoisotopic (exact) mass is 442 g/mol. The van der Waals surface area contributed by atoms with Gasteiger partial charge in [0.25, 0.3) is 20.3 Å². The van der Waals surface area contributed by atoms with Crippen molar-refractivity contribution in [3.8, 4) is 0 Å². The van der Waals surface area contributed by atoms with Gasteiger partial charge in [-0.05, 0) is 37.3 Å². The van der Waals surface area contributed by atoms with Crippen LogP contribution in [0.3, 0.4) is 0 Å². The molecule has 0 spiro atoms. The standard InChI is InChI=1S/C16H12Cl2N4O3S2/c1-9-3-2-4-10(7-9)14(23)19-15-20-21-16(26-15)27(24,25)22-11-5-6-12(17)13(18)8-11/h2-8,22H,1H3,(H,19,20,23). The van der Waals surface area contributed by atoms with Crippen LogP contribution in [0.4, 0.5) is 10.8 Å². The maximum absolute atomic E-state index is 12.4. The third kappa shape index (κ3) is 4.75. The Kier molecular flexibility index (Phi) is 5.66. The number of anilines is 2. The minimum absolute atomic E-state index is 0.0658. The molecule has 2 N–H and O–H groups in total. The number of halogens is 2. The molecule has 0 radical (unpaired) electrons. The maximum atomic E-state index is 12.4. The Morgan fingerprint density at radius 2 is 1.85 bits per heavy atom. The van der Waals surface area contributed by atoms with Crippen LogP contribution in [0.1, 0.15) is 15.9 Å². The van der Waals surface area contributed by atoms with Crippen molar-refractivity contribution in [3.63, 3.8) is 0 Å². The number of benzene rings is 2. The molecule has 7 nitrogen and oxygen atoms in total. The van der Waals surface area contributed by atoms with Gasteiger partial charge in [0.15, 0.2) is 0 Å². The first-order valence-electron chi connectivity index (χ1n) is 7.44. The van der Waals surface area contributed by atoms with E-state index in [2.05, 4.69) is 20.2 Å². The second-order valence-electron chi connectivity index (χ2n) is 5.43. The van der Waals surface area contributed by atoms with Crippen LogP contribution in [0.25, 0.3) is 0 Å². The van der Waals surface area contributed by atoms with Crippen LogP contribution in [0.2, 0.25) is 10.0 Å². The number of hydrogen-bond acceptors (Lipinski definition) is 6. The van der Waals surface area contributed by atoms with E-state index < -0.39 is 15.9 Å². The van der Waals surface area contributed by atoms with Gasteiger partial charge in [-0.2, -0.15) is 8.42 Å². The van der Waals surface area contributed by atoms with Crippen LogP contribution in [-0.4, -0.2) is 24.5 Å². The highest BCUT2D eigenvalue weighted by molar-refractivity contribution is 7.94. The molecule has 0 unspecified atom stereocenters. The number of amides is 1. The fourth-order valence-corrected chi connectivity index (χ4v) is 4.33. The average molecular weight is 443 g/mol. The Morgan fingerprint density at radius 1 is 1.07 bits per heavy atom. The summed E-state index contributed by atoms with van der Waals surface area (Å²) < 4.78 is 26.9. The summed E-state index contributed by atoms with van der Waals surface area (Å²) in [5, 5.41) is 10.5. The van der Waals surface area contributed by atoms with Crippen LogP contribution in [0.15, 0.2) is 46.8 Å². The van der Waals surface area contributed by atoms with Crippen molar-refractivity contribution < 1.29 is 13.2 Å². The van der Waals surface area contributed by atoms with E-state index in [9.17, 15) is 13.2 Å². The lowest BCUT2D eigenvalue weighted by molar-refractivity contribution is 0.102. The number of hydrogen-bond donors (Lipinski definition) is 2. The number of sulfonamides is 1. The van der Waals surface area contributed by atoms with Gasteiger partial charge in [0, 0.05) is 5.56 Å². The molecule has 3 rings (SSSR count). The molecule has 140 valence electrons. The highest BCUT2D eigenvalue weighted by atomic mass is 35.5. The minimum Gasteiger partial charge on any atom is -0.296 e. The summed E-state index contributed by atoms with van der Waals surface area (Å²) in [7, 11) is -3.99. The largest absolute Gasteiger partial charge is 0.296 e. The van der Waals surface area contributed by atoms with Gasteiger partial charge < -0.3 is 0 Å². The molecule has 0 saturated heterocycles. The van der Waals surface area contributed by atoms with Crippen molar-refractivity contribution in [2.45, 2.75) is 11.3 Å². The lowest BCUT2D eigenvalue weighted by Gasteiger charge is -2.06. The number of aryl methyl sites for hydroxylation is 1. The predicted octanol–water partition coefficient (Wildman–Crippen LogP) is 4.21. The second kappa shape index (κ2) is 7.81. The van der Waals surface area contributed by atoms with Gasteiger partial charge in [-0.1, -0.05) is 52.2 Å². The van der Waals surface area contributed by atoms with Gasteiger partial charge >= 0.3 is 0 Å². The summed E-state index contributed by atoms with van der Waals surface area (Å²) >= 11 is 12.4. The van der Waals surface area contributed by atoms with E-state index in [1.807, 2.05) is 13.0 Å². The molecule has 3 aromatic rings. The van der Waals surface area contributed by atoms with E-state index in [-0.39, 0.29) is 20.2 Å². The molecule has 0 saturated carbocycles. The van der Waals surface area contributed by atoms with Gasteiger partial charge in [0.2, 0.25) is 5.13 Å². The number of carbonyl (C=O) groups is 1. The average Bonchev–Trinajstić information content (AvgIpc) is 3.07. The molecule has 1 amide bonds. The summed E-state index contributed by atoms with van der Waals surface area (Å²) in [6.45, 7) is 1.86. The fraction of sp³-hybridized carbons (Fsp3) is 0.0625. The van der Waals surface area contributed by atoms with Crippen molar-refractivity contribution in [2.75, 3.05) is 10.0 Å². The highest BCUT2D eigenvalue weighted by Gasteiger charge is 2.21. The van der Waals surface area contributed by atoms with Crippen molar-refractivity contribution >= 4 is 61.3 Å². The first kappa shape index (κ1) is 19.6. The van der Waals surface area contributed by atoms with Crippen molar-refractivity contribution in [1.29, 1.82) is 0 Å². The van der Waals surface area contributed by atoms with E-state index >= 15 is 0 Å². The molecule has 11 heteroatoms. The van der Waals surface area contributed by atoms with E-state index in [4.69, 9.17) is 23.2 Å². The topological polar surface area (TPSA) is 101 Å². The van der Waals surface area contributed by atoms with E-state index in [0.717, 1.165) is 16.9 Å². The Balaban J connectivity index is 1.75. The van der Waals surface area contributed by atoms with Crippen molar-refractivity contribution in [2.24, 2.45) is 0 Å². The fourth-order valence-electron chi connectivity index (χ4n) is 2.08. The first-order chi connectivity index (χ1) is 12.7. The Labute approximate surface area is 169 Å². The van der Waals surface area contributed by atoms with Crippen molar-refractivity contribution in [3.05, 3.63) is 63.6 Å². The first-order valence-corrected chi connectivity index (χ1v) is 10.5. The number of rotatable bonds is 5. The third-order valence-corrected chi connectivity index (χ3v) is 6.64. The highest BCUT2D eigenvalue weighted by Crippen LogP contribution is 2.28. The van der Waals surface area contributed by atoms with Gasteiger partial charge in [0.05, 0.1) is 15.7 Å².